The van der Waals surface area contributed by atoms with E-state index in [1.54, 1.807) is 48.9 Å². The molecule has 3 aromatic rings. The van der Waals surface area contributed by atoms with Crippen LogP contribution in [0.5, 0.6) is 0 Å². The predicted octanol–water partition coefficient (Wildman–Crippen LogP) is 2.48. The number of rotatable bonds is 7. The fourth-order valence-corrected chi connectivity index (χ4v) is 3.16. The first-order valence-corrected chi connectivity index (χ1v) is 8.55. The molecule has 0 atom stereocenters. The number of fused-ring (bicyclic) bond motifs is 1. The zero-order valence-corrected chi connectivity index (χ0v) is 15.4. The number of carboxylic acid groups (broad SMARTS) is 1. The lowest BCUT2D eigenvalue weighted by Crippen LogP contribution is -2.15. The van der Waals surface area contributed by atoms with Gasteiger partial charge in [0.2, 0.25) is 5.91 Å². The van der Waals surface area contributed by atoms with Crippen molar-refractivity contribution in [3.8, 4) is 0 Å². The van der Waals surface area contributed by atoms with Gasteiger partial charge in [-0.1, -0.05) is 0 Å². The van der Waals surface area contributed by atoms with Gasteiger partial charge >= 0.3 is 11.7 Å². The molecule has 2 heterocycles. The van der Waals surface area contributed by atoms with Gasteiger partial charge in [-0.2, -0.15) is 5.10 Å². The molecule has 0 radical (unpaired) electrons. The van der Waals surface area contributed by atoms with Crippen LogP contribution in [0.3, 0.4) is 0 Å². The van der Waals surface area contributed by atoms with E-state index in [1.807, 2.05) is 0 Å². The van der Waals surface area contributed by atoms with Crippen molar-refractivity contribution in [2.75, 3.05) is 5.32 Å². The molecule has 0 bridgehead atoms. The normalized spacial score (nSPS) is 10.9. The van der Waals surface area contributed by atoms with Crippen molar-refractivity contribution in [1.29, 1.82) is 0 Å². The van der Waals surface area contributed by atoms with Gasteiger partial charge < -0.3 is 15.0 Å². The Morgan fingerprint density at radius 1 is 1.29 bits per heavy atom. The Bertz CT molecular complexity index is 1080. The largest absolute Gasteiger partial charge is 0.480 e. The number of carbonyl (C=O) groups excluding carboxylic acids is 1. The molecule has 2 aromatic heterocycles. The summed E-state index contributed by atoms with van der Waals surface area (Å²) < 4.78 is 3.07. The summed E-state index contributed by atoms with van der Waals surface area (Å²) in [6, 6.07) is 6.99. The van der Waals surface area contributed by atoms with Gasteiger partial charge in [-0.05, 0) is 38.1 Å². The number of hydrogen-bond acceptors (Lipinski definition) is 5. The minimum atomic E-state index is -0.931. The van der Waals surface area contributed by atoms with Crippen LogP contribution in [0.25, 0.3) is 10.9 Å². The smallest absolute Gasteiger partial charge is 0.323 e. The van der Waals surface area contributed by atoms with Crippen LogP contribution in [0.4, 0.5) is 11.4 Å². The first kappa shape index (κ1) is 19.1. The summed E-state index contributed by atoms with van der Waals surface area (Å²) in [6.07, 6.45) is 1.79. The minimum Gasteiger partial charge on any atom is -0.480 e. The van der Waals surface area contributed by atoms with E-state index in [4.69, 9.17) is 5.11 Å². The molecular weight excluding hydrogens is 366 g/mol. The molecule has 3 rings (SSSR count). The summed E-state index contributed by atoms with van der Waals surface area (Å²) in [5.41, 5.74) is 2.05. The van der Waals surface area contributed by atoms with E-state index in [-0.39, 0.29) is 31.1 Å². The second kappa shape index (κ2) is 7.51. The summed E-state index contributed by atoms with van der Waals surface area (Å²) in [4.78, 5) is 33.7. The molecule has 0 aliphatic rings. The van der Waals surface area contributed by atoms with Crippen molar-refractivity contribution in [1.82, 2.24) is 14.3 Å². The summed E-state index contributed by atoms with van der Waals surface area (Å²) in [7, 11) is 0. The Hall–Kier alpha value is -3.69. The number of carbonyl (C=O) groups is 2. The molecule has 0 aliphatic carbocycles. The third kappa shape index (κ3) is 3.85. The fraction of sp³-hybridized carbons (Fsp3) is 0.278. The predicted molar refractivity (Wildman–Crippen MR) is 101 cm³/mol. The van der Waals surface area contributed by atoms with E-state index >= 15 is 0 Å². The van der Waals surface area contributed by atoms with Crippen molar-refractivity contribution >= 4 is 34.2 Å². The maximum absolute atomic E-state index is 12.2. The highest BCUT2D eigenvalue weighted by Crippen LogP contribution is 2.23. The van der Waals surface area contributed by atoms with Gasteiger partial charge in [0.15, 0.2) is 0 Å². The average molecular weight is 385 g/mol. The number of amides is 1. The van der Waals surface area contributed by atoms with E-state index in [0.717, 1.165) is 10.9 Å². The second-order valence-corrected chi connectivity index (χ2v) is 6.41. The minimum absolute atomic E-state index is 0.0308. The molecule has 2 N–H and O–H groups in total. The molecule has 1 amide bonds. The standard InChI is InChI=1S/C18H19N5O5/c1-11-18(23(27)28)12(2)22(20-11)8-6-16(24)19-14-3-4-15-13(9-14)5-7-21(15)10-17(25)26/h3-5,7,9H,6,8,10H2,1-2H3,(H,19,24)(H,25,26). The number of anilines is 1. The van der Waals surface area contributed by atoms with Crippen molar-refractivity contribution in [2.24, 2.45) is 0 Å². The molecule has 0 saturated heterocycles. The number of nitrogens with zero attached hydrogens (tertiary/aromatic N) is 4. The summed E-state index contributed by atoms with van der Waals surface area (Å²) in [6.45, 7) is 3.26. The SMILES string of the molecule is Cc1nn(CCC(=O)Nc2ccc3c(ccn3CC(=O)O)c2)c(C)c1[N+](=O)[O-]. The van der Waals surface area contributed by atoms with Gasteiger partial charge in [0.25, 0.3) is 0 Å². The van der Waals surface area contributed by atoms with Crippen LogP contribution in [-0.4, -0.2) is 36.3 Å². The monoisotopic (exact) mass is 385 g/mol. The van der Waals surface area contributed by atoms with Crippen molar-refractivity contribution < 1.29 is 19.6 Å². The number of nitrogens with one attached hydrogen (secondary N) is 1. The highest BCUT2D eigenvalue weighted by Gasteiger charge is 2.21. The lowest BCUT2D eigenvalue weighted by atomic mass is 10.2. The van der Waals surface area contributed by atoms with E-state index in [2.05, 4.69) is 10.4 Å². The average Bonchev–Trinajstić information content (AvgIpc) is 3.12. The van der Waals surface area contributed by atoms with Gasteiger partial charge in [0.05, 0.1) is 11.5 Å². The first-order valence-electron chi connectivity index (χ1n) is 8.55. The van der Waals surface area contributed by atoms with Crippen LogP contribution in [0.2, 0.25) is 0 Å². The van der Waals surface area contributed by atoms with E-state index < -0.39 is 10.9 Å². The number of benzene rings is 1. The van der Waals surface area contributed by atoms with Crippen LogP contribution in [0, 0.1) is 24.0 Å². The number of nitro groups is 1. The summed E-state index contributed by atoms with van der Waals surface area (Å²) in [5.74, 6) is -1.18. The van der Waals surface area contributed by atoms with Crippen molar-refractivity contribution in [3.63, 3.8) is 0 Å². The molecule has 0 aliphatic heterocycles. The molecule has 0 fully saturated rings. The lowest BCUT2D eigenvalue weighted by molar-refractivity contribution is -0.386. The Morgan fingerprint density at radius 3 is 2.68 bits per heavy atom. The number of aromatic nitrogens is 3. The molecular formula is C18H19N5O5. The van der Waals surface area contributed by atoms with Crippen molar-refractivity contribution in [3.05, 3.63) is 52.0 Å². The fourth-order valence-electron chi connectivity index (χ4n) is 3.16. The second-order valence-electron chi connectivity index (χ2n) is 6.41. The highest BCUT2D eigenvalue weighted by molar-refractivity contribution is 5.94. The van der Waals surface area contributed by atoms with Crippen LogP contribution in [-0.2, 0) is 22.7 Å². The highest BCUT2D eigenvalue weighted by atomic mass is 16.6. The van der Waals surface area contributed by atoms with Crippen LogP contribution in [0.1, 0.15) is 17.8 Å². The maximum atomic E-state index is 12.2. The topological polar surface area (TPSA) is 132 Å². The van der Waals surface area contributed by atoms with Gasteiger partial charge in [-0.3, -0.25) is 24.4 Å². The number of carboxylic acids is 1. The molecule has 146 valence electrons. The summed E-state index contributed by atoms with van der Waals surface area (Å²) >= 11 is 0. The molecule has 1 aromatic carbocycles. The molecule has 0 unspecified atom stereocenters. The van der Waals surface area contributed by atoms with Crippen LogP contribution in [0.15, 0.2) is 30.5 Å². The van der Waals surface area contributed by atoms with E-state index in [0.29, 0.717) is 17.1 Å². The molecule has 28 heavy (non-hydrogen) atoms. The molecule has 10 heteroatoms. The van der Waals surface area contributed by atoms with Gasteiger partial charge in [-0.25, -0.2) is 0 Å². The molecule has 0 saturated carbocycles. The Balaban J connectivity index is 1.66. The molecule has 0 spiro atoms. The maximum Gasteiger partial charge on any atom is 0.323 e. The zero-order chi connectivity index (χ0) is 20.4. The van der Waals surface area contributed by atoms with Gasteiger partial charge in [0.1, 0.15) is 17.9 Å². The van der Waals surface area contributed by atoms with Crippen molar-refractivity contribution in [2.45, 2.75) is 33.4 Å². The number of aryl methyl sites for hydroxylation is 2. The van der Waals surface area contributed by atoms with Crippen LogP contribution >= 0.6 is 0 Å². The van der Waals surface area contributed by atoms with E-state index in [9.17, 15) is 19.7 Å². The Kier molecular flexibility index (Phi) is 5.12. The number of aliphatic carboxylic acids is 1. The quantitative estimate of drug-likeness (QED) is 0.474. The lowest BCUT2D eigenvalue weighted by Gasteiger charge is -2.07. The first-order chi connectivity index (χ1) is 13.3. The third-order valence-corrected chi connectivity index (χ3v) is 4.44. The third-order valence-electron chi connectivity index (χ3n) is 4.44. The Labute approximate surface area is 159 Å². The Morgan fingerprint density at radius 2 is 2.04 bits per heavy atom. The van der Waals surface area contributed by atoms with Gasteiger partial charge in [-0.15, -0.1) is 0 Å². The van der Waals surface area contributed by atoms with Crippen LogP contribution < -0.4 is 5.32 Å². The van der Waals surface area contributed by atoms with Gasteiger partial charge in [0, 0.05) is 29.2 Å². The van der Waals surface area contributed by atoms with E-state index in [1.165, 1.54) is 4.68 Å². The number of hydrogen-bond donors (Lipinski definition) is 2. The molecule has 10 nitrogen and oxygen atoms in total. The zero-order valence-electron chi connectivity index (χ0n) is 15.4. The summed E-state index contributed by atoms with van der Waals surface area (Å²) in [5, 5.41) is 27.7.